The van der Waals surface area contributed by atoms with Gasteiger partial charge in [-0.3, -0.25) is 4.79 Å². The highest BCUT2D eigenvalue weighted by Gasteiger charge is 2.57. The minimum absolute atomic E-state index is 0.115. The molecule has 9 atom stereocenters. The number of hydrogen-bond donors (Lipinski definition) is 2. The number of aromatic nitrogens is 1. The Kier molecular flexibility index (Phi) is 13.7. The summed E-state index contributed by atoms with van der Waals surface area (Å²) in [6.45, 7) is 11.4. The molecule has 1 saturated heterocycles. The molecule has 0 spiro atoms. The average Bonchev–Trinajstić information content (AvgIpc) is 3.51. The minimum atomic E-state index is -0.932. The van der Waals surface area contributed by atoms with Gasteiger partial charge in [0, 0.05) is 44.8 Å². The first-order valence-corrected chi connectivity index (χ1v) is 15.9. The van der Waals surface area contributed by atoms with Crippen LogP contribution < -0.4 is 0 Å². The molecule has 0 unspecified atom stereocenters. The Morgan fingerprint density at radius 1 is 1.22 bits per heavy atom. The molecule has 2 aliphatic heterocycles. The van der Waals surface area contributed by atoms with Crippen LogP contribution in [0.15, 0.2) is 64.4 Å². The van der Waals surface area contributed by atoms with Gasteiger partial charge >= 0.3 is 11.9 Å². The number of epoxide rings is 1. The lowest BCUT2D eigenvalue weighted by Gasteiger charge is -2.32. The molecule has 0 saturated carbocycles. The third-order valence-electron chi connectivity index (χ3n) is 8.95. The molecule has 0 aliphatic carbocycles. The number of carbonyl (C=O) groups is 2. The van der Waals surface area contributed by atoms with Crippen molar-refractivity contribution in [1.82, 2.24) is 4.98 Å². The molecular weight excluding hydrogens is 590 g/mol. The molecule has 254 valence electrons. The predicted octanol–water partition coefficient (Wildman–Crippen LogP) is 5.44. The van der Waals surface area contributed by atoms with Crippen LogP contribution in [0.1, 0.15) is 71.9 Å². The van der Waals surface area contributed by atoms with Crippen molar-refractivity contribution < 1.29 is 43.2 Å². The van der Waals surface area contributed by atoms with E-state index in [0.29, 0.717) is 18.7 Å². The lowest BCUT2D eigenvalue weighted by molar-refractivity contribution is -0.150. The van der Waals surface area contributed by atoms with Crippen LogP contribution in [0.25, 0.3) is 6.08 Å². The van der Waals surface area contributed by atoms with E-state index >= 15 is 0 Å². The summed E-state index contributed by atoms with van der Waals surface area (Å²) in [5.74, 6) is -1.11. The first-order chi connectivity index (χ1) is 21.8. The summed E-state index contributed by atoms with van der Waals surface area (Å²) in [5, 5.41) is 22.2. The highest BCUT2D eigenvalue weighted by molar-refractivity contribution is 5.82. The van der Waals surface area contributed by atoms with Crippen molar-refractivity contribution in [3.8, 4) is 0 Å². The van der Waals surface area contributed by atoms with E-state index in [-0.39, 0.29) is 42.7 Å². The van der Waals surface area contributed by atoms with E-state index < -0.39 is 36.0 Å². The second-order valence-electron chi connectivity index (χ2n) is 12.7. The van der Waals surface area contributed by atoms with Crippen LogP contribution in [0.5, 0.6) is 0 Å². The number of aliphatic hydroxyl groups excluding tert-OH is 2. The highest BCUT2D eigenvalue weighted by Crippen LogP contribution is 2.43. The molecule has 0 radical (unpaired) electrons. The van der Waals surface area contributed by atoms with Gasteiger partial charge in [-0.1, -0.05) is 50.3 Å². The fourth-order valence-electron chi connectivity index (χ4n) is 5.83. The molecular formula is C36H51NO9. The number of aryl methyl sites for hydroxylation is 1. The number of carbonyl (C=O) groups excluding carboxylic acids is 2. The summed E-state index contributed by atoms with van der Waals surface area (Å²) < 4.78 is 27.9. The number of allylic oxidation sites excluding steroid dienone is 5. The topological polar surface area (TPSA) is 141 Å². The lowest BCUT2D eigenvalue weighted by atomic mass is 9.85. The van der Waals surface area contributed by atoms with Gasteiger partial charge in [0.2, 0.25) is 0 Å². The quantitative estimate of drug-likeness (QED) is 0.155. The molecule has 1 fully saturated rings. The van der Waals surface area contributed by atoms with Gasteiger partial charge in [-0.2, -0.15) is 0 Å². The molecule has 1 aromatic rings. The molecule has 2 N–H and O–H groups in total. The van der Waals surface area contributed by atoms with E-state index in [2.05, 4.69) is 4.98 Å². The van der Waals surface area contributed by atoms with Crippen molar-refractivity contribution in [3.63, 3.8) is 0 Å². The Balaban J connectivity index is 1.82. The van der Waals surface area contributed by atoms with Crippen LogP contribution in [0.3, 0.4) is 0 Å². The maximum atomic E-state index is 13.1. The number of esters is 2. The molecule has 10 heteroatoms. The van der Waals surface area contributed by atoms with E-state index in [9.17, 15) is 19.8 Å². The van der Waals surface area contributed by atoms with Gasteiger partial charge in [-0.15, -0.1) is 0 Å². The summed E-state index contributed by atoms with van der Waals surface area (Å²) in [5.41, 5.74) is 1.78. The number of cyclic esters (lactones) is 1. The van der Waals surface area contributed by atoms with E-state index in [1.807, 2.05) is 71.1 Å². The first kappa shape index (κ1) is 37.2. The molecule has 2 aliphatic rings. The van der Waals surface area contributed by atoms with Crippen LogP contribution in [0.2, 0.25) is 0 Å². The summed E-state index contributed by atoms with van der Waals surface area (Å²) in [7, 11) is 2.94. The standard InChI is InChI=1S/C36H51NO9/c1-22(17-28-21-44-26(5)37-28)11-9-12-24(3)35(43-8)25(4)30-20-31(39)36(6)32(46-36)16-15-23(2)29(38)18-27(19-34(41)42-7)13-10-14-33(40)45-30/h9-12,14-17,21,23,25,27,29-32,35,38-39H,13,18-20H2,1-8H3/b11-9+,14-10+,16-15+,22-17+,24-12+/t23-,25+,27-,29-,30+,31+,32-,35+,36-/m1/s1. The van der Waals surface area contributed by atoms with Gasteiger partial charge in [0.05, 0.1) is 25.4 Å². The predicted molar refractivity (Wildman–Crippen MR) is 174 cm³/mol. The summed E-state index contributed by atoms with van der Waals surface area (Å²) in [4.78, 5) is 29.4. The monoisotopic (exact) mass is 641 g/mol. The van der Waals surface area contributed by atoms with Crippen LogP contribution >= 0.6 is 0 Å². The largest absolute Gasteiger partial charge is 0.469 e. The number of hydrogen-bond acceptors (Lipinski definition) is 10. The number of fused-ring (bicyclic) bond motifs is 1. The smallest absolute Gasteiger partial charge is 0.330 e. The summed E-state index contributed by atoms with van der Waals surface area (Å²) in [6.07, 6.45) is 14.0. The normalized spacial score (nSPS) is 32.7. The van der Waals surface area contributed by atoms with Crippen LogP contribution in [0, 0.1) is 24.7 Å². The van der Waals surface area contributed by atoms with E-state index in [0.717, 1.165) is 16.8 Å². The zero-order valence-electron chi connectivity index (χ0n) is 28.3. The zero-order chi connectivity index (χ0) is 34.0. The fraction of sp³-hybridized carbons (Fsp3) is 0.583. The van der Waals surface area contributed by atoms with E-state index in [1.54, 1.807) is 26.4 Å². The number of ether oxygens (including phenoxy) is 4. The second kappa shape index (κ2) is 17.0. The molecule has 10 nitrogen and oxygen atoms in total. The third kappa shape index (κ3) is 10.6. The maximum absolute atomic E-state index is 13.1. The van der Waals surface area contributed by atoms with Crippen molar-refractivity contribution in [2.75, 3.05) is 14.2 Å². The summed E-state index contributed by atoms with van der Waals surface area (Å²) in [6, 6.07) is 0. The number of methoxy groups -OCH3 is 2. The van der Waals surface area contributed by atoms with Gasteiger partial charge in [0.1, 0.15) is 29.8 Å². The number of aliphatic hydroxyl groups is 2. The van der Waals surface area contributed by atoms with Gasteiger partial charge in [0.25, 0.3) is 0 Å². The number of rotatable bonds is 9. The Morgan fingerprint density at radius 2 is 1.96 bits per heavy atom. The first-order valence-electron chi connectivity index (χ1n) is 15.9. The van der Waals surface area contributed by atoms with Crippen molar-refractivity contribution >= 4 is 18.0 Å². The Morgan fingerprint density at radius 3 is 2.61 bits per heavy atom. The SMILES string of the molecule is COC(=O)C[C@@H]1C/C=C/C(=O)O[C@H]([C@H](C)[C@@H](OC)/C(C)=C/C=C/C(C)=C/c2coc(C)n2)C[C@H](O)[C@@]2(C)O[C@@H]2/C=C/[C@@H](C)[C@H](O)C1. The van der Waals surface area contributed by atoms with Gasteiger partial charge in [-0.05, 0) is 56.8 Å². The second-order valence-corrected chi connectivity index (χ2v) is 12.7. The van der Waals surface area contributed by atoms with Crippen molar-refractivity contribution in [2.24, 2.45) is 17.8 Å². The number of nitrogens with zero attached hydrogens (tertiary/aromatic N) is 1. The zero-order valence-corrected chi connectivity index (χ0v) is 28.3. The van der Waals surface area contributed by atoms with Crippen molar-refractivity contribution in [1.29, 1.82) is 0 Å². The summed E-state index contributed by atoms with van der Waals surface area (Å²) >= 11 is 0. The molecule has 0 amide bonds. The average molecular weight is 642 g/mol. The molecule has 3 heterocycles. The van der Waals surface area contributed by atoms with Gasteiger partial charge < -0.3 is 33.6 Å². The maximum Gasteiger partial charge on any atom is 0.330 e. The Hall–Kier alpha value is -3.31. The van der Waals surface area contributed by atoms with E-state index in [1.165, 1.54) is 13.2 Å². The lowest BCUT2D eigenvalue weighted by Crippen LogP contribution is -2.41. The Bertz CT molecular complexity index is 1320. The molecule has 3 rings (SSSR count). The van der Waals surface area contributed by atoms with Crippen LogP contribution in [-0.2, 0) is 28.5 Å². The van der Waals surface area contributed by atoms with Crippen LogP contribution in [-0.4, -0.2) is 77.5 Å². The van der Waals surface area contributed by atoms with Gasteiger partial charge in [0.15, 0.2) is 5.89 Å². The van der Waals surface area contributed by atoms with Crippen molar-refractivity contribution in [2.45, 2.75) is 103 Å². The molecule has 46 heavy (non-hydrogen) atoms. The minimum Gasteiger partial charge on any atom is -0.469 e. The molecule has 1 aromatic heterocycles. The number of oxazole rings is 1. The Labute approximate surface area is 272 Å². The van der Waals surface area contributed by atoms with Crippen molar-refractivity contribution in [3.05, 3.63) is 71.5 Å². The molecule has 0 bridgehead atoms. The fourth-order valence-corrected chi connectivity index (χ4v) is 5.83. The van der Waals surface area contributed by atoms with Gasteiger partial charge in [-0.25, -0.2) is 9.78 Å². The van der Waals surface area contributed by atoms with Crippen LogP contribution in [0.4, 0.5) is 0 Å². The highest BCUT2D eigenvalue weighted by atomic mass is 16.6. The third-order valence-corrected chi connectivity index (χ3v) is 8.95. The molecule has 0 aromatic carbocycles. The van der Waals surface area contributed by atoms with E-state index in [4.69, 9.17) is 23.4 Å².